The fraction of sp³-hybridized carbons (Fsp3) is 1.00. The summed E-state index contributed by atoms with van der Waals surface area (Å²) in [4.78, 5) is 21.6. The molecule has 1 aliphatic rings. The highest BCUT2D eigenvalue weighted by Gasteiger charge is 2.22. The van der Waals surface area contributed by atoms with E-state index in [-0.39, 0.29) is 6.10 Å². The predicted octanol–water partition coefficient (Wildman–Crippen LogP) is 6.19. The average Bonchev–Trinajstić information content (AvgIpc) is 3.02. The van der Waals surface area contributed by atoms with Crippen LogP contribution >= 0.6 is 19.6 Å². The van der Waals surface area contributed by atoms with Crippen LogP contribution in [0.25, 0.3) is 0 Å². The van der Waals surface area contributed by atoms with Crippen LogP contribution in [0.4, 0.5) is 0 Å². The molecular weight excluding hydrogens is 395 g/mol. The summed E-state index contributed by atoms with van der Waals surface area (Å²) in [5.41, 5.74) is 0. The van der Waals surface area contributed by atoms with E-state index in [9.17, 15) is 5.11 Å². The monoisotopic (exact) mass is 440 g/mol. The van der Waals surface area contributed by atoms with Gasteiger partial charge in [0.25, 0.3) is 0 Å². The Morgan fingerprint density at radius 1 is 0.750 bits per heavy atom. The van der Waals surface area contributed by atoms with Gasteiger partial charge in [-0.25, -0.2) is 4.57 Å². The van der Waals surface area contributed by atoms with Crippen molar-refractivity contribution in [1.82, 2.24) is 0 Å². The summed E-state index contributed by atoms with van der Waals surface area (Å²) in [5, 5.41) is 10.3. The van der Waals surface area contributed by atoms with E-state index in [1.807, 2.05) is 0 Å². The van der Waals surface area contributed by atoms with Crippen LogP contribution in [-0.2, 0) is 4.57 Å². The van der Waals surface area contributed by atoms with Gasteiger partial charge in [-0.15, -0.1) is 0 Å². The normalized spacial score (nSPS) is 19.5. The SMILES string of the molecule is CCCCCCCCCCCCCCCCSC1CCC(O)C1.O=P(O)(O)O. The predicted molar refractivity (Wildman–Crippen MR) is 121 cm³/mol. The second kappa shape index (κ2) is 19.4. The second-order valence-electron chi connectivity index (χ2n) is 8.07. The second-order valence-corrected chi connectivity index (χ2v) is 10.5. The molecule has 0 heterocycles. The van der Waals surface area contributed by atoms with Crippen molar-refractivity contribution >= 4 is 19.6 Å². The van der Waals surface area contributed by atoms with Crippen molar-refractivity contribution in [2.24, 2.45) is 0 Å². The van der Waals surface area contributed by atoms with E-state index in [1.165, 1.54) is 102 Å². The maximum atomic E-state index is 9.51. The molecule has 4 N–H and O–H groups in total. The van der Waals surface area contributed by atoms with Crippen molar-refractivity contribution in [1.29, 1.82) is 0 Å². The third kappa shape index (κ3) is 24.5. The van der Waals surface area contributed by atoms with Gasteiger partial charge in [0.05, 0.1) is 6.10 Å². The minimum Gasteiger partial charge on any atom is -0.393 e. The van der Waals surface area contributed by atoms with E-state index in [2.05, 4.69) is 18.7 Å². The number of hydrogen-bond acceptors (Lipinski definition) is 3. The van der Waals surface area contributed by atoms with Gasteiger partial charge in [0, 0.05) is 5.25 Å². The summed E-state index contributed by atoms with van der Waals surface area (Å²) < 4.78 is 8.88. The van der Waals surface area contributed by atoms with Gasteiger partial charge < -0.3 is 19.8 Å². The zero-order chi connectivity index (χ0) is 21.1. The van der Waals surface area contributed by atoms with Crippen molar-refractivity contribution in [3.05, 3.63) is 0 Å². The van der Waals surface area contributed by atoms with E-state index < -0.39 is 7.82 Å². The molecule has 0 aliphatic heterocycles. The van der Waals surface area contributed by atoms with Crippen molar-refractivity contribution in [2.75, 3.05) is 5.75 Å². The minimum atomic E-state index is -4.64. The summed E-state index contributed by atoms with van der Waals surface area (Å²) >= 11 is 2.11. The Labute approximate surface area is 177 Å². The van der Waals surface area contributed by atoms with Crippen LogP contribution in [0.5, 0.6) is 0 Å². The molecule has 0 spiro atoms. The first kappa shape index (κ1) is 28.4. The Kier molecular flexibility index (Phi) is 19.7. The van der Waals surface area contributed by atoms with Gasteiger partial charge in [-0.05, 0) is 31.4 Å². The third-order valence-corrected chi connectivity index (χ3v) is 6.63. The van der Waals surface area contributed by atoms with E-state index in [4.69, 9.17) is 19.2 Å². The van der Waals surface area contributed by atoms with Crippen molar-refractivity contribution in [3.8, 4) is 0 Å². The number of thioether (sulfide) groups is 1. The number of unbranched alkanes of at least 4 members (excludes halogenated alkanes) is 13. The Hall–Kier alpha value is 0.420. The van der Waals surface area contributed by atoms with Gasteiger partial charge >= 0.3 is 7.82 Å². The first-order valence-electron chi connectivity index (χ1n) is 11.4. The lowest BCUT2D eigenvalue weighted by molar-refractivity contribution is 0.183. The molecule has 170 valence electrons. The molecule has 1 aliphatic carbocycles. The summed E-state index contributed by atoms with van der Waals surface area (Å²) in [6, 6.07) is 0. The molecule has 1 fully saturated rings. The molecule has 1 rings (SSSR count). The van der Waals surface area contributed by atoms with Crippen LogP contribution in [0, 0.1) is 0 Å². The maximum Gasteiger partial charge on any atom is 0.466 e. The van der Waals surface area contributed by atoms with Gasteiger partial charge in [-0.3, -0.25) is 0 Å². The molecule has 2 atom stereocenters. The molecule has 1 saturated carbocycles. The van der Waals surface area contributed by atoms with Crippen molar-refractivity contribution in [3.63, 3.8) is 0 Å². The smallest absolute Gasteiger partial charge is 0.393 e. The maximum absolute atomic E-state index is 9.51. The summed E-state index contributed by atoms with van der Waals surface area (Å²) in [6.07, 6.45) is 23.5. The Balaban J connectivity index is 0.00000129. The average molecular weight is 441 g/mol. The molecule has 0 aromatic heterocycles. The lowest BCUT2D eigenvalue weighted by Crippen LogP contribution is -2.02. The molecule has 0 bridgehead atoms. The zero-order valence-electron chi connectivity index (χ0n) is 17.9. The van der Waals surface area contributed by atoms with Crippen LogP contribution in [0.15, 0.2) is 0 Å². The molecule has 7 heteroatoms. The minimum absolute atomic E-state index is 0.00356. The number of hydrogen-bond donors (Lipinski definition) is 4. The molecule has 0 aromatic carbocycles. The van der Waals surface area contributed by atoms with Crippen LogP contribution in [0.1, 0.15) is 116 Å². The number of aliphatic hydroxyl groups excluding tert-OH is 1. The molecule has 2 unspecified atom stereocenters. The Morgan fingerprint density at radius 3 is 1.50 bits per heavy atom. The third-order valence-electron chi connectivity index (χ3n) is 5.21. The van der Waals surface area contributed by atoms with Crippen LogP contribution in [0.2, 0.25) is 0 Å². The van der Waals surface area contributed by atoms with Crippen molar-refractivity contribution < 1.29 is 24.4 Å². The quantitative estimate of drug-likeness (QED) is 0.169. The highest BCUT2D eigenvalue weighted by atomic mass is 32.2. The molecule has 0 amide bonds. The van der Waals surface area contributed by atoms with Crippen molar-refractivity contribution in [2.45, 2.75) is 127 Å². The van der Waals surface area contributed by atoms with E-state index >= 15 is 0 Å². The van der Waals surface area contributed by atoms with Crippen LogP contribution in [0.3, 0.4) is 0 Å². The van der Waals surface area contributed by atoms with Crippen LogP contribution in [-0.4, -0.2) is 36.9 Å². The summed E-state index contributed by atoms with van der Waals surface area (Å²) in [7, 11) is -4.64. The first-order chi connectivity index (χ1) is 13.3. The topological polar surface area (TPSA) is 98.0 Å². The van der Waals surface area contributed by atoms with Gasteiger partial charge in [0.15, 0.2) is 0 Å². The molecular formula is C21H45O5PS. The Bertz CT molecular complexity index is 370. The summed E-state index contributed by atoms with van der Waals surface area (Å²) in [5.74, 6) is 1.31. The van der Waals surface area contributed by atoms with Crippen LogP contribution < -0.4 is 0 Å². The van der Waals surface area contributed by atoms with E-state index in [0.29, 0.717) is 0 Å². The van der Waals surface area contributed by atoms with Gasteiger partial charge in [0.2, 0.25) is 0 Å². The standard InChI is InChI=1S/C21H42OS.H3O4P/c1-2-3-4-5-6-7-8-9-10-11-12-13-14-15-18-23-21-17-16-20(22)19-21;1-5(2,3)4/h20-22H,2-19H2,1H3;(H3,1,2,3,4). The molecule has 0 saturated heterocycles. The molecule has 28 heavy (non-hydrogen) atoms. The number of rotatable bonds is 16. The fourth-order valence-electron chi connectivity index (χ4n) is 3.62. The van der Waals surface area contributed by atoms with E-state index in [0.717, 1.165) is 18.1 Å². The lowest BCUT2D eigenvalue weighted by atomic mass is 10.0. The zero-order valence-corrected chi connectivity index (χ0v) is 19.6. The Morgan fingerprint density at radius 2 is 1.14 bits per heavy atom. The number of aliphatic hydroxyl groups is 1. The van der Waals surface area contributed by atoms with E-state index in [1.54, 1.807) is 0 Å². The lowest BCUT2D eigenvalue weighted by Gasteiger charge is -2.08. The molecule has 5 nitrogen and oxygen atoms in total. The molecule has 0 aromatic rings. The first-order valence-corrected chi connectivity index (χ1v) is 14.0. The number of phosphoric acid groups is 1. The highest BCUT2D eigenvalue weighted by molar-refractivity contribution is 7.99. The largest absolute Gasteiger partial charge is 0.466 e. The van der Waals surface area contributed by atoms with Gasteiger partial charge in [-0.2, -0.15) is 11.8 Å². The summed E-state index contributed by atoms with van der Waals surface area (Å²) in [6.45, 7) is 2.29. The fourth-order valence-corrected chi connectivity index (χ4v) is 4.98. The molecule has 0 radical (unpaired) electrons. The van der Waals surface area contributed by atoms with Gasteiger partial charge in [-0.1, -0.05) is 90.4 Å². The van der Waals surface area contributed by atoms with Gasteiger partial charge in [0.1, 0.15) is 0 Å². The highest BCUT2D eigenvalue weighted by Crippen LogP contribution is 2.30.